The van der Waals surface area contributed by atoms with Gasteiger partial charge in [-0.15, -0.1) is 0 Å². The smallest absolute Gasteiger partial charge is 0.220 e. The predicted molar refractivity (Wildman–Crippen MR) is 411 cm³/mol. The van der Waals surface area contributed by atoms with E-state index in [0.717, 1.165) is 77.0 Å². The number of amides is 1. The number of aliphatic hydroxyl groups is 11. The van der Waals surface area contributed by atoms with Gasteiger partial charge in [0.2, 0.25) is 5.91 Å². The van der Waals surface area contributed by atoms with Gasteiger partial charge in [0, 0.05) is 6.42 Å². The molecule has 0 spiro atoms. The summed E-state index contributed by atoms with van der Waals surface area (Å²) in [5.41, 5.74) is 0. The van der Waals surface area contributed by atoms with E-state index < -0.39 is 124 Å². The zero-order valence-electron chi connectivity index (χ0n) is 63.8. The van der Waals surface area contributed by atoms with Crippen LogP contribution < -0.4 is 5.32 Å². The Morgan fingerprint density at radius 1 is 0.359 bits per heavy atom. The second-order valence-electron chi connectivity index (χ2n) is 28.8. The van der Waals surface area contributed by atoms with Crippen LogP contribution in [0.4, 0.5) is 0 Å². The molecule has 0 aromatic carbocycles. The Hall–Kier alpha value is -3.29. The van der Waals surface area contributed by atoms with Gasteiger partial charge in [-0.1, -0.05) is 297 Å². The average molecular weight is 1460 g/mol. The van der Waals surface area contributed by atoms with Crippen molar-refractivity contribution in [2.24, 2.45) is 0 Å². The first-order valence-electron chi connectivity index (χ1n) is 41.0. The Labute approximate surface area is 622 Å². The SMILES string of the molecule is CC/C=C\C/C=C\C/C=C\C/C=C\C/C=C\CCCCCCCCCCCCCCCCCCCCCCCC(=O)NC(COC1OC(CO)C(OC2OC(CO)C(OC3OC(CO)C(O)C(O)C3O)C(O)C2O)C(O)C1O)C(O)/C=C/CC/C=C/CC/C=C/CCCCCCCCCCCCC. The lowest BCUT2D eigenvalue weighted by molar-refractivity contribution is -0.379. The Kier molecular flexibility index (Phi) is 58.0. The number of unbranched alkanes of at least 4 members (excludes halogenated alkanes) is 34. The fourth-order valence-corrected chi connectivity index (χ4v) is 13.3. The van der Waals surface area contributed by atoms with Crippen molar-refractivity contribution in [1.29, 1.82) is 0 Å². The van der Waals surface area contributed by atoms with Crippen LogP contribution in [-0.2, 0) is 33.2 Å². The maximum atomic E-state index is 13.5. The van der Waals surface area contributed by atoms with Gasteiger partial charge in [0.25, 0.3) is 0 Å². The topological polar surface area (TPSA) is 307 Å². The van der Waals surface area contributed by atoms with Gasteiger partial charge in [-0.25, -0.2) is 0 Å². The third-order valence-corrected chi connectivity index (χ3v) is 19.8. The van der Waals surface area contributed by atoms with E-state index in [9.17, 15) is 61.0 Å². The van der Waals surface area contributed by atoms with E-state index in [1.807, 2.05) is 6.08 Å². The molecule has 17 unspecified atom stereocenters. The maximum absolute atomic E-state index is 13.5. The number of rotatable bonds is 64. The second kappa shape index (κ2) is 63.6. The van der Waals surface area contributed by atoms with E-state index in [2.05, 4.69) is 104 Å². The molecule has 3 fully saturated rings. The van der Waals surface area contributed by atoms with E-state index in [1.54, 1.807) is 6.08 Å². The first-order valence-corrected chi connectivity index (χ1v) is 41.0. The monoisotopic (exact) mass is 1460 g/mol. The summed E-state index contributed by atoms with van der Waals surface area (Å²) in [7, 11) is 0. The number of nitrogens with one attached hydrogen (secondary N) is 1. The van der Waals surface area contributed by atoms with Crippen molar-refractivity contribution < 1.29 is 89.4 Å². The molecule has 3 aliphatic heterocycles. The number of allylic oxidation sites excluding steroid dienone is 15. The molecule has 0 saturated carbocycles. The van der Waals surface area contributed by atoms with Crippen molar-refractivity contribution >= 4 is 5.91 Å². The van der Waals surface area contributed by atoms with Crippen molar-refractivity contribution in [3.63, 3.8) is 0 Å². The van der Waals surface area contributed by atoms with Gasteiger partial charge in [0.15, 0.2) is 18.9 Å². The molecule has 0 aromatic rings. The zero-order valence-corrected chi connectivity index (χ0v) is 63.8. The molecule has 19 heteroatoms. The van der Waals surface area contributed by atoms with Crippen LogP contribution in [0.5, 0.6) is 0 Å². The largest absolute Gasteiger partial charge is 0.394 e. The molecule has 17 atom stereocenters. The van der Waals surface area contributed by atoms with Gasteiger partial charge in [0.05, 0.1) is 38.6 Å². The van der Waals surface area contributed by atoms with Crippen LogP contribution in [0.15, 0.2) is 97.2 Å². The number of hydrogen-bond donors (Lipinski definition) is 12. The highest BCUT2D eigenvalue weighted by Crippen LogP contribution is 2.33. The third-order valence-electron chi connectivity index (χ3n) is 19.8. The standard InChI is InChI=1S/C84H147NO18/c1-3-5-7-9-11-13-15-17-19-21-23-25-26-27-28-29-30-31-32-33-34-35-36-37-38-39-40-42-44-46-48-50-52-54-56-58-60-62-72(90)85-67(68(89)61-59-57-55-53-51-49-47-45-43-41-24-22-20-18-16-14-12-10-8-6-4-2)66-98-82-78(96)75(93)80(70(64-87)100-82)103-84-79(97)76(94)81(71(65-88)101-84)102-83-77(95)74(92)73(91)69(63-86)99-83/h5,7,11,13,17,19,23,25,27-28,43,45,51,53,59,61,67-71,73-84,86-89,91-97H,3-4,6,8-10,12,14-16,18,20-22,24,26,29-42,44,46-50,52,54-58,60,62-66H2,1-2H3,(H,85,90)/b7-5-,13-11-,19-17-,25-23-,28-27-,45-43+,53-51+,61-59+. The average Bonchev–Trinajstić information content (AvgIpc) is 0.781. The van der Waals surface area contributed by atoms with Gasteiger partial charge >= 0.3 is 0 Å². The van der Waals surface area contributed by atoms with Crippen molar-refractivity contribution in [1.82, 2.24) is 5.32 Å². The van der Waals surface area contributed by atoms with Crippen LogP contribution in [0.3, 0.4) is 0 Å². The summed E-state index contributed by atoms with van der Waals surface area (Å²) in [6, 6.07) is -1.00. The lowest BCUT2D eigenvalue weighted by Crippen LogP contribution is -2.66. The van der Waals surface area contributed by atoms with E-state index in [-0.39, 0.29) is 18.9 Å². The summed E-state index contributed by atoms with van der Waals surface area (Å²) in [5.74, 6) is -0.288. The van der Waals surface area contributed by atoms with Gasteiger partial charge in [-0.2, -0.15) is 0 Å². The molecule has 3 rings (SSSR count). The van der Waals surface area contributed by atoms with Crippen molar-refractivity contribution in [3.05, 3.63) is 97.2 Å². The van der Waals surface area contributed by atoms with Crippen molar-refractivity contribution in [2.45, 2.75) is 401 Å². The molecule has 1 amide bonds. The third kappa shape index (κ3) is 43.5. The van der Waals surface area contributed by atoms with Gasteiger partial charge in [0.1, 0.15) is 73.2 Å². The Balaban J connectivity index is 1.34. The molecule has 19 nitrogen and oxygen atoms in total. The fraction of sp³-hybridized carbons (Fsp3) is 0.798. The minimum atomic E-state index is -1.99. The zero-order chi connectivity index (χ0) is 74.6. The van der Waals surface area contributed by atoms with E-state index in [4.69, 9.17) is 28.4 Å². The first kappa shape index (κ1) is 93.9. The van der Waals surface area contributed by atoms with Crippen LogP contribution in [0, 0.1) is 0 Å². The van der Waals surface area contributed by atoms with Crippen LogP contribution in [0.2, 0.25) is 0 Å². The predicted octanol–water partition coefficient (Wildman–Crippen LogP) is 14.0. The lowest BCUT2D eigenvalue weighted by atomic mass is 9.96. The molecule has 103 heavy (non-hydrogen) atoms. The molecule has 596 valence electrons. The second-order valence-corrected chi connectivity index (χ2v) is 28.8. The maximum Gasteiger partial charge on any atom is 0.220 e. The molecule has 0 radical (unpaired) electrons. The van der Waals surface area contributed by atoms with E-state index in [0.29, 0.717) is 12.8 Å². The summed E-state index contributed by atoms with van der Waals surface area (Å²) >= 11 is 0. The molecule has 0 aliphatic carbocycles. The van der Waals surface area contributed by atoms with Gasteiger partial charge in [-0.3, -0.25) is 4.79 Å². The lowest BCUT2D eigenvalue weighted by Gasteiger charge is -2.48. The molecule has 3 aliphatic rings. The number of aliphatic hydroxyl groups excluding tert-OH is 11. The highest BCUT2D eigenvalue weighted by Gasteiger charge is 2.54. The van der Waals surface area contributed by atoms with Crippen LogP contribution >= 0.6 is 0 Å². The van der Waals surface area contributed by atoms with Crippen molar-refractivity contribution in [3.8, 4) is 0 Å². The summed E-state index contributed by atoms with van der Waals surface area (Å²) in [4.78, 5) is 13.5. The molecular weight excluding hydrogens is 1310 g/mol. The molecule has 0 bridgehead atoms. The van der Waals surface area contributed by atoms with Crippen LogP contribution in [-0.4, -0.2) is 193 Å². The quantitative estimate of drug-likeness (QED) is 0.0199. The Bertz CT molecular complexity index is 2240. The normalized spacial score (nSPS) is 26.6. The van der Waals surface area contributed by atoms with Crippen LogP contribution in [0.25, 0.3) is 0 Å². The Morgan fingerprint density at radius 2 is 0.680 bits per heavy atom. The molecule has 3 heterocycles. The first-order chi connectivity index (χ1) is 50.3. The number of carbonyl (C=O) groups excluding carboxylic acids is 1. The summed E-state index contributed by atoms with van der Waals surface area (Å²) < 4.78 is 34.4. The molecule has 3 saturated heterocycles. The van der Waals surface area contributed by atoms with E-state index in [1.165, 1.54) is 186 Å². The number of hydrogen-bond acceptors (Lipinski definition) is 18. The Morgan fingerprint density at radius 3 is 1.09 bits per heavy atom. The summed E-state index contributed by atoms with van der Waals surface area (Å²) in [6.07, 6.45) is 59.8. The summed E-state index contributed by atoms with van der Waals surface area (Å²) in [6.45, 7) is 1.62. The van der Waals surface area contributed by atoms with Gasteiger partial charge in [-0.05, 0) is 89.9 Å². The summed E-state index contributed by atoms with van der Waals surface area (Å²) in [5, 5.41) is 121. The highest BCUT2D eigenvalue weighted by molar-refractivity contribution is 5.76. The molecule has 12 N–H and O–H groups in total. The number of carbonyl (C=O) groups is 1. The highest BCUT2D eigenvalue weighted by atomic mass is 16.8. The van der Waals surface area contributed by atoms with Gasteiger partial charge < -0.3 is 89.9 Å². The minimum absolute atomic E-state index is 0.231. The molecular formula is C84H147NO18. The fourth-order valence-electron chi connectivity index (χ4n) is 13.3. The van der Waals surface area contributed by atoms with E-state index >= 15 is 0 Å². The van der Waals surface area contributed by atoms with Crippen LogP contribution in [0.1, 0.15) is 296 Å². The molecule has 0 aromatic heterocycles. The van der Waals surface area contributed by atoms with Crippen molar-refractivity contribution in [2.75, 3.05) is 26.4 Å². The minimum Gasteiger partial charge on any atom is -0.394 e. The number of ether oxygens (including phenoxy) is 6.